The van der Waals surface area contributed by atoms with Crippen LogP contribution in [0.5, 0.6) is 0 Å². The third-order valence-corrected chi connectivity index (χ3v) is 3.91. The molecule has 1 fully saturated rings. The summed E-state index contributed by atoms with van der Waals surface area (Å²) in [5.74, 6) is -0.0504. The van der Waals surface area contributed by atoms with E-state index in [4.69, 9.17) is 0 Å². The van der Waals surface area contributed by atoms with Crippen molar-refractivity contribution in [3.05, 3.63) is 5.01 Å². The summed E-state index contributed by atoms with van der Waals surface area (Å²) in [5.41, 5.74) is 0. The first kappa shape index (κ1) is 16.3. The van der Waals surface area contributed by atoms with Gasteiger partial charge >= 0.3 is 12.4 Å². The van der Waals surface area contributed by atoms with Gasteiger partial charge in [-0.05, 0) is 18.9 Å². The summed E-state index contributed by atoms with van der Waals surface area (Å²) in [6, 6.07) is 0. The number of halogens is 6. The van der Waals surface area contributed by atoms with Crippen LogP contribution in [-0.4, -0.2) is 47.5 Å². The average molecular weight is 334 g/mol. The summed E-state index contributed by atoms with van der Waals surface area (Å²) in [4.78, 5) is 1.29. The molecule has 1 saturated heterocycles. The number of nitrogens with zero attached hydrogens (tertiary/aromatic N) is 3. The third kappa shape index (κ3) is 4.99. The number of rotatable bonds is 4. The Hall–Kier alpha value is -1.10. The number of alkyl halides is 6. The lowest BCUT2D eigenvalue weighted by molar-refractivity contribution is -0.143. The monoisotopic (exact) mass is 334 g/mol. The van der Waals surface area contributed by atoms with E-state index in [2.05, 4.69) is 15.5 Å². The Morgan fingerprint density at radius 1 is 1.19 bits per heavy atom. The van der Waals surface area contributed by atoms with Crippen LogP contribution in [0.3, 0.4) is 0 Å². The Labute approximate surface area is 120 Å². The molecule has 1 unspecified atom stereocenters. The van der Waals surface area contributed by atoms with Crippen LogP contribution >= 0.6 is 11.3 Å². The van der Waals surface area contributed by atoms with Crippen LogP contribution in [-0.2, 0) is 6.18 Å². The van der Waals surface area contributed by atoms with Gasteiger partial charge in [-0.3, -0.25) is 4.90 Å². The lowest BCUT2D eigenvalue weighted by atomic mass is 10.1. The molecule has 0 radical (unpaired) electrons. The highest BCUT2D eigenvalue weighted by Gasteiger charge is 2.36. The van der Waals surface area contributed by atoms with Crippen LogP contribution in [0.25, 0.3) is 0 Å². The van der Waals surface area contributed by atoms with Crippen LogP contribution in [0.1, 0.15) is 11.4 Å². The second-order valence-electron chi connectivity index (χ2n) is 4.80. The Bertz CT molecular complexity index is 471. The topological polar surface area (TPSA) is 41.0 Å². The highest BCUT2D eigenvalue weighted by molar-refractivity contribution is 7.15. The van der Waals surface area contributed by atoms with Gasteiger partial charge in [-0.2, -0.15) is 26.3 Å². The van der Waals surface area contributed by atoms with E-state index in [9.17, 15) is 26.3 Å². The van der Waals surface area contributed by atoms with Gasteiger partial charge in [0.05, 0.1) is 6.54 Å². The molecule has 0 aliphatic carbocycles. The fraction of sp³-hybridized carbons (Fsp3) is 0.800. The van der Waals surface area contributed by atoms with E-state index in [1.165, 1.54) is 4.90 Å². The summed E-state index contributed by atoms with van der Waals surface area (Å²) < 4.78 is 73.6. The number of anilines is 1. The minimum Gasteiger partial charge on any atom is -0.360 e. The predicted molar refractivity (Wildman–Crippen MR) is 64.0 cm³/mol. The van der Waals surface area contributed by atoms with E-state index in [0.29, 0.717) is 24.3 Å². The second kappa shape index (κ2) is 5.95. The summed E-state index contributed by atoms with van der Waals surface area (Å²) in [7, 11) is 0. The highest BCUT2D eigenvalue weighted by Crippen LogP contribution is 2.33. The molecule has 4 nitrogen and oxygen atoms in total. The van der Waals surface area contributed by atoms with Crippen molar-refractivity contribution >= 4 is 16.5 Å². The van der Waals surface area contributed by atoms with Crippen molar-refractivity contribution in [1.82, 2.24) is 15.1 Å². The van der Waals surface area contributed by atoms with Gasteiger partial charge in [0.2, 0.25) is 10.1 Å². The van der Waals surface area contributed by atoms with Crippen molar-refractivity contribution in [3.8, 4) is 0 Å². The van der Waals surface area contributed by atoms with Crippen LogP contribution in [0.15, 0.2) is 0 Å². The molecule has 1 aromatic heterocycles. The molecule has 1 aliphatic heterocycles. The lowest BCUT2D eigenvalue weighted by Crippen LogP contribution is -2.33. The number of likely N-dealkylation sites (tertiary alicyclic amines) is 1. The summed E-state index contributed by atoms with van der Waals surface area (Å²) in [5, 5.41) is 8.06. The molecule has 11 heteroatoms. The lowest BCUT2D eigenvalue weighted by Gasteiger charge is -2.17. The van der Waals surface area contributed by atoms with Crippen molar-refractivity contribution in [1.29, 1.82) is 0 Å². The van der Waals surface area contributed by atoms with Gasteiger partial charge in [0.25, 0.3) is 0 Å². The molecule has 0 spiro atoms. The maximum absolute atomic E-state index is 12.3. The van der Waals surface area contributed by atoms with Gasteiger partial charge in [-0.25, -0.2) is 0 Å². The zero-order valence-electron chi connectivity index (χ0n) is 10.6. The Kier molecular flexibility index (Phi) is 4.61. The molecule has 1 aromatic rings. The van der Waals surface area contributed by atoms with Crippen molar-refractivity contribution in [3.63, 3.8) is 0 Å². The molecule has 1 N–H and O–H groups in total. The molecule has 21 heavy (non-hydrogen) atoms. The van der Waals surface area contributed by atoms with E-state index in [0.717, 1.165) is 0 Å². The molecule has 2 rings (SSSR count). The third-order valence-electron chi connectivity index (χ3n) is 2.98. The molecule has 2 heterocycles. The number of hydrogen-bond acceptors (Lipinski definition) is 5. The summed E-state index contributed by atoms with van der Waals surface area (Å²) >= 11 is 0.382. The molecule has 0 amide bonds. The first-order valence-corrected chi connectivity index (χ1v) is 6.89. The van der Waals surface area contributed by atoms with Crippen molar-refractivity contribution < 1.29 is 26.3 Å². The van der Waals surface area contributed by atoms with E-state index in [1.54, 1.807) is 0 Å². The molecule has 0 bridgehead atoms. The van der Waals surface area contributed by atoms with Gasteiger partial charge in [0.1, 0.15) is 0 Å². The quantitative estimate of drug-likeness (QED) is 0.860. The zero-order valence-corrected chi connectivity index (χ0v) is 11.4. The van der Waals surface area contributed by atoms with Crippen LogP contribution in [0.4, 0.5) is 31.5 Å². The molecule has 1 atom stereocenters. The van der Waals surface area contributed by atoms with E-state index in [-0.39, 0.29) is 24.1 Å². The zero-order chi connectivity index (χ0) is 15.7. The standard InChI is InChI=1S/C10H12F6N4S/c11-9(12,13)5-20-2-1-6(4-20)3-17-8-19-18-7(21-8)10(14,15)16/h6H,1-5H2,(H,17,19). The predicted octanol–water partition coefficient (Wildman–Crippen LogP) is 2.85. The normalized spacial score (nSPS) is 21.0. The van der Waals surface area contributed by atoms with Crippen LogP contribution < -0.4 is 5.32 Å². The smallest absolute Gasteiger partial charge is 0.360 e. The van der Waals surface area contributed by atoms with Gasteiger partial charge in [-0.1, -0.05) is 11.3 Å². The van der Waals surface area contributed by atoms with Gasteiger partial charge in [0, 0.05) is 13.1 Å². The second-order valence-corrected chi connectivity index (χ2v) is 5.77. The van der Waals surface area contributed by atoms with E-state index < -0.39 is 23.9 Å². The fourth-order valence-corrected chi connectivity index (χ4v) is 2.74. The first-order chi connectivity index (χ1) is 9.63. The van der Waals surface area contributed by atoms with Crippen molar-refractivity contribution in [2.45, 2.75) is 18.8 Å². The first-order valence-electron chi connectivity index (χ1n) is 6.07. The van der Waals surface area contributed by atoms with Crippen LogP contribution in [0, 0.1) is 5.92 Å². The van der Waals surface area contributed by atoms with Gasteiger partial charge < -0.3 is 5.32 Å². The molecule has 0 saturated carbocycles. The highest BCUT2D eigenvalue weighted by atomic mass is 32.1. The molecular weight excluding hydrogens is 322 g/mol. The Morgan fingerprint density at radius 3 is 2.48 bits per heavy atom. The van der Waals surface area contributed by atoms with E-state index >= 15 is 0 Å². The van der Waals surface area contributed by atoms with Gasteiger partial charge in [0.15, 0.2) is 0 Å². The minimum atomic E-state index is -4.53. The van der Waals surface area contributed by atoms with Crippen molar-refractivity contribution in [2.75, 3.05) is 31.5 Å². The SMILES string of the molecule is FC(F)(F)CN1CCC(CNc2nnc(C(F)(F)F)s2)C1. The largest absolute Gasteiger partial charge is 0.445 e. The molecular formula is C10H12F6N4S. The molecule has 1 aliphatic rings. The minimum absolute atomic E-state index is 0.0246. The summed E-state index contributed by atoms with van der Waals surface area (Å²) in [6.45, 7) is -0.0887. The van der Waals surface area contributed by atoms with E-state index in [1.807, 2.05) is 0 Å². The average Bonchev–Trinajstić information content (AvgIpc) is 2.91. The van der Waals surface area contributed by atoms with Crippen LogP contribution in [0.2, 0.25) is 0 Å². The number of nitrogens with one attached hydrogen (secondary N) is 1. The summed E-state index contributed by atoms with van der Waals surface area (Å²) in [6.07, 6.45) is -8.20. The Balaban J connectivity index is 1.78. The molecule has 0 aromatic carbocycles. The number of aromatic nitrogens is 2. The maximum Gasteiger partial charge on any atom is 0.445 e. The maximum atomic E-state index is 12.3. The van der Waals surface area contributed by atoms with Crippen molar-refractivity contribution in [2.24, 2.45) is 5.92 Å². The Morgan fingerprint density at radius 2 is 1.90 bits per heavy atom. The molecule has 120 valence electrons. The number of hydrogen-bond donors (Lipinski definition) is 1. The van der Waals surface area contributed by atoms with Gasteiger partial charge in [-0.15, -0.1) is 10.2 Å². The fourth-order valence-electron chi connectivity index (χ4n) is 2.12.